The molecule has 0 aliphatic carbocycles. The molecule has 0 spiro atoms. The van der Waals surface area contributed by atoms with Crippen LogP contribution in [0.4, 0.5) is 17.2 Å². The molecular formula is C26H22ClN5O3. The molecule has 35 heavy (non-hydrogen) atoms. The van der Waals surface area contributed by atoms with Crippen LogP contribution < -0.4 is 15.0 Å². The van der Waals surface area contributed by atoms with E-state index in [0.29, 0.717) is 28.5 Å². The minimum atomic E-state index is -0.518. The van der Waals surface area contributed by atoms with Crippen molar-refractivity contribution in [3.8, 4) is 18.1 Å². The van der Waals surface area contributed by atoms with E-state index in [2.05, 4.69) is 21.3 Å². The van der Waals surface area contributed by atoms with Crippen LogP contribution in [0.25, 0.3) is 0 Å². The van der Waals surface area contributed by atoms with Gasteiger partial charge in [-0.15, -0.1) is 6.42 Å². The fourth-order valence-electron chi connectivity index (χ4n) is 3.43. The minimum absolute atomic E-state index is 0.143. The van der Waals surface area contributed by atoms with Gasteiger partial charge in [-0.1, -0.05) is 29.7 Å². The number of amides is 2. The van der Waals surface area contributed by atoms with Crippen molar-refractivity contribution >= 4 is 47.3 Å². The summed E-state index contributed by atoms with van der Waals surface area (Å²) in [5.41, 5.74) is 2.22. The number of carbonyl (C=O) groups is 2. The predicted molar refractivity (Wildman–Crippen MR) is 137 cm³/mol. The lowest BCUT2D eigenvalue weighted by Crippen LogP contribution is -2.32. The highest BCUT2D eigenvalue weighted by Crippen LogP contribution is 2.37. The summed E-state index contributed by atoms with van der Waals surface area (Å²) in [5, 5.41) is 9.52. The van der Waals surface area contributed by atoms with Gasteiger partial charge in [-0.2, -0.15) is 5.10 Å². The molecule has 1 aromatic heterocycles. The maximum Gasteiger partial charge on any atom is 0.259 e. The van der Waals surface area contributed by atoms with Crippen LogP contribution in [0.1, 0.15) is 27.9 Å². The molecule has 3 aromatic rings. The summed E-state index contributed by atoms with van der Waals surface area (Å²) >= 11 is 5.88. The van der Waals surface area contributed by atoms with Gasteiger partial charge in [0.25, 0.3) is 5.91 Å². The van der Waals surface area contributed by atoms with Crippen molar-refractivity contribution < 1.29 is 14.3 Å². The zero-order chi connectivity index (χ0) is 24.8. The molecule has 0 atom stereocenters. The van der Waals surface area contributed by atoms with E-state index < -0.39 is 5.91 Å². The number of methoxy groups -OCH3 is 1. The zero-order valence-electron chi connectivity index (χ0n) is 18.9. The van der Waals surface area contributed by atoms with E-state index in [1.54, 1.807) is 36.5 Å². The molecule has 176 valence electrons. The highest BCUT2D eigenvalue weighted by atomic mass is 35.5. The van der Waals surface area contributed by atoms with Gasteiger partial charge in [0.1, 0.15) is 17.3 Å². The van der Waals surface area contributed by atoms with E-state index in [-0.39, 0.29) is 17.0 Å². The van der Waals surface area contributed by atoms with Crippen LogP contribution >= 0.6 is 11.6 Å². The molecule has 2 heterocycles. The van der Waals surface area contributed by atoms with Gasteiger partial charge in [-0.25, -0.2) is 4.98 Å². The Hall–Kier alpha value is -4.35. The van der Waals surface area contributed by atoms with Crippen LogP contribution in [0.2, 0.25) is 5.02 Å². The highest BCUT2D eigenvalue weighted by Gasteiger charge is 2.24. The third kappa shape index (κ3) is 5.42. The summed E-state index contributed by atoms with van der Waals surface area (Å²) in [5.74, 6) is 2.56. The number of anilines is 3. The van der Waals surface area contributed by atoms with Crippen molar-refractivity contribution in [2.45, 2.75) is 6.42 Å². The minimum Gasteiger partial charge on any atom is -0.494 e. The fourth-order valence-corrected chi connectivity index (χ4v) is 3.54. The molecule has 1 saturated heterocycles. The lowest BCUT2D eigenvalue weighted by atomic mass is 10.0. The largest absolute Gasteiger partial charge is 0.494 e. The molecular weight excluding hydrogens is 466 g/mol. The summed E-state index contributed by atoms with van der Waals surface area (Å²) in [6, 6.07) is 13.5. The second kappa shape index (κ2) is 10.7. The summed E-state index contributed by atoms with van der Waals surface area (Å²) in [7, 11) is 1.44. The van der Waals surface area contributed by atoms with Crippen LogP contribution in [-0.2, 0) is 4.79 Å². The van der Waals surface area contributed by atoms with E-state index in [1.807, 2.05) is 17.1 Å². The van der Waals surface area contributed by atoms with Gasteiger partial charge in [0.05, 0.1) is 23.9 Å². The van der Waals surface area contributed by atoms with E-state index >= 15 is 0 Å². The van der Waals surface area contributed by atoms with E-state index in [9.17, 15) is 9.59 Å². The molecule has 2 amide bonds. The lowest BCUT2D eigenvalue weighted by Gasteiger charge is -2.27. The summed E-state index contributed by atoms with van der Waals surface area (Å²) in [4.78, 5) is 31.0. The average Bonchev–Trinajstić information content (AvgIpc) is 2.85. The number of hydrazone groups is 1. The van der Waals surface area contributed by atoms with Crippen molar-refractivity contribution in [3.05, 3.63) is 76.4 Å². The topological polar surface area (TPSA) is 87.1 Å². The zero-order valence-corrected chi connectivity index (χ0v) is 19.7. The number of ether oxygens (including phenoxy) is 1. The number of aromatic nitrogens is 1. The van der Waals surface area contributed by atoms with Gasteiger partial charge < -0.3 is 10.1 Å². The molecule has 8 nitrogen and oxygen atoms in total. The highest BCUT2D eigenvalue weighted by molar-refractivity contribution is 6.30. The van der Waals surface area contributed by atoms with Crippen LogP contribution in [-0.4, -0.2) is 48.7 Å². The van der Waals surface area contributed by atoms with E-state index in [0.717, 1.165) is 25.1 Å². The number of nitrogens with zero attached hydrogens (tertiary/aromatic N) is 4. The third-order valence-electron chi connectivity index (χ3n) is 5.40. The molecule has 1 fully saturated rings. The van der Waals surface area contributed by atoms with Crippen LogP contribution in [0.5, 0.6) is 5.75 Å². The molecule has 1 N–H and O–H groups in total. The van der Waals surface area contributed by atoms with Gasteiger partial charge in [-0.05, 0) is 48.4 Å². The molecule has 0 bridgehead atoms. The number of carbonyl (C=O) groups excluding carboxylic acids is 2. The summed E-state index contributed by atoms with van der Waals surface area (Å²) in [6.07, 6.45) is 10.6. The smallest absolute Gasteiger partial charge is 0.259 e. The normalized spacial score (nSPS) is 12.5. The number of hydrogen-bond donors (Lipinski definition) is 1. The molecule has 4 rings (SSSR count). The van der Waals surface area contributed by atoms with Gasteiger partial charge in [0.2, 0.25) is 6.41 Å². The van der Waals surface area contributed by atoms with Gasteiger partial charge in [0.15, 0.2) is 0 Å². The maximum atomic E-state index is 13.3. The third-order valence-corrected chi connectivity index (χ3v) is 5.62. The van der Waals surface area contributed by atoms with Gasteiger partial charge in [-0.3, -0.25) is 19.5 Å². The standard InChI is InChI=1S/C26H22ClN5O3/c1-3-18-13-22(26(34)30-24-10-7-20(27)16-28-24)25(23(14-18)35-2)32(17-33)21-8-5-19(6-9-21)15-29-31-11-4-12-31/h1,5-10,13-17H,4,11-12H2,2H3,(H,28,30,34). The summed E-state index contributed by atoms with van der Waals surface area (Å²) < 4.78 is 5.52. The number of benzene rings is 2. The Morgan fingerprint density at radius 2 is 2.03 bits per heavy atom. The van der Waals surface area contributed by atoms with Crippen molar-refractivity contribution in [1.29, 1.82) is 0 Å². The SMILES string of the molecule is C#Cc1cc(OC)c(N(C=O)c2ccc(C=NN3CCC3)cc2)c(C(=O)Nc2ccc(Cl)cn2)c1. The number of rotatable bonds is 8. The molecule has 1 aliphatic rings. The molecule has 0 radical (unpaired) electrons. The molecule has 0 unspecified atom stereocenters. The number of halogens is 1. The average molecular weight is 488 g/mol. The van der Waals surface area contributed by atoms with Crippen molar-refractivity contribution in [1.82, 2.24) is 9.99 Å². The van der Waals surface area contributed by atoms with E-state index in [4.69, 9.17) is 22.8 Å². The Balaban J connectivity index is 1.71. The Morgan fingerprint density at radius 1 is 1.26 bits per heavy atom. The first-order valence-corrected chi connectivity index (χ1v) is 11.1. The van der Waals surface area contributed by atoms with Crippen LogP contribution in [0.3, 0.4) is 0 Å². The number of nitrogens with one attached hydrogen (secondary N) is 1. The molecule has 0 saturated carbocycles. The van der Waals surface area contributed by atoms with Crippen molar-refractivity contribution in [3.63, 3.8) is 0 Å². The Kier molecular flexibility index (Phi) is 7.29. The predicted octanol–water partition coefficient (Wildman–Crippen LogP) is 4.31. The number of pyridine rings is 1. The van der Waals surface area contributed by atoms with Crippen molar-refractivity contribution in [2.24, 2.45) is 5.10 Å². The molecule has 9 heteroatoms. The second-order valence-electron chi connectivity index (χ2n) is 7.65. The Labute approximate surface area is 208 Å². The van der Waals surface area contributed by atoms with Crippen LogP contribution in [0.15, 0.2) is 59.8 Å². The molecule has 2 aromatic carbocycles. The van der Waals surface area contributed by atoms with E-state index in [1.165, 1.54) is 24.3 Å². The quantitative estimate of drug-likeness (QED) is 0.290. The number of hydrogen-bond acceptors (Lipinski definition) is 6. The van der Waals surface area contributed by atoms with Gasteiger partial charge in [0, 0.05) is 30.5 Å². The fraction of sp³-hybridized carbons (Fsp3) is 0.154. The van der Waals surface area contributed by atoms with Crippen LogP contribution in [0, 0.1) is 12.3 Å². The monoisotopic (exact) mass is 487 g/mol. The second-order valence-corrected chi connectivity index (χ2v) is 8.09. The Bertz CT molecular complexity index is 1300. The first-order valence-electron chi connectivity index (χ1n) is 10.8. The van der Waals surface area contributed by atoms with Crippen molar-refractivity contribution in [2.75, 3.05) is 30.4 Å². The first kappa shape index (κ1) is 23.8. The summed E-state index contributed by atoms with van der Waals surface area (Å²) in [6.45, 7) is 1.91. The maximum absolute atomic E-state index is 13.3. The Morgan fingerprint density at radius 3 is 2.60 bits per heavy atom. The molecule has 1 aliphatic heterocycles. The van der Waals surface area contributed by atoms with Gasteiger partial charge >= 0.3 is 0 Å². The lowest BCUT2D eigenvalue weighted by molar-refractivity contribution is -0.106. The first-order chi connectivity index (χ1) is 17.0. The number of terminal acetylenes is 1.